The Morgan fingerprint density at radius 1 is 1.18 bits per heavy atom. The highest BCUT2D eigenvalue weighted by Gasteiger charge is 2.13. The number of carboxylic acids is 1. The van der Waals surface area contributed by atoms with Crippen molar-refractivity contribution in [3.63, 3.8) is 0 Å². The van der Waals surface area contributed by atoms with Gasteiger partial charge in [-0.1, -0.05) is 24.6 Å². The van der Waals surface area contributed by atoms with Crippen LogP contribution in [0.3, 0.4) is 0 Å². The number of aryl methyl sites for hydroxylation is 2. The summed E-state index contributed by atoms with van der Waals surface area (Å²) >= 11 is 0. The number of carboxylic acid groups (broad SMARTS) is 1. The Morgan fingerprint density at radius 3 is 2.50 bits per heavy atom. The van der Waals surface area contributed by atoms with Crippen LogP contribution in [0.4, 0.5) is 0 Å². The van der Waals surface area contributed by atoms with Crippen molar-refractivity contribution in [2.45, 2.75) is 40.0 Å². The lowest BCUT2D eigenvalue weighted by molar-refractivity contribution is -0.138. The van der Waals surface area contributed by atoms with Crippen LogP contribution >= 0.6 is 0 Å². The van der Waals surface area contributed by atoms with E-state index in [4.69, 9.17) is 5.11 Å². The third-order valence-corrected chi connectivity index (χ3v) is 3.44. The summed E-state index contributed by atoms with van der Waals surface area (Å²) < 4.78 is 0. The summed E-state index contributed by atoms with van der Waals surface area (Å²) in [5.41, 5.74) is 2.58. The number of amides is 1. The fraction of sp³-hybridized carbons (Fsp3) is 0.471. The van der Waals surface area contributed by atoms with Gasteiger partial charge in [-0.25, -0.2) is 0 Å². The standard InChI is InChI=1S/C17H23NO4/c1-11-4-5-13(3)14(8-11)15(19)6-7-16(20)18-10-12(2)9-17(21)22/h4-5,8,12H,6-7,9-10H2,1-3H3,(H,18,20)(H,21,22). The van der Waals surface area contributed by atoms with E-state index in [1.165, 1.54) is 0 Å². The van der Waals surface area contributed by atoms with Gasteiger partial charge in [0.2, 0.25) is 5.91 Å². The lowest BCUT2D eigenvalue weighted by Crippen LogP contribution is -2.29. The molecule has 0 spiro atoms. The van der Waals surface area contributed by atoms with E-state index >= 15 is 0 Å². The van der Waals surface area contributed by atoms with E-state index < -0.39 is 5.97 Å². The minimum atomic E-state index is -0.883. The van der Waals surface area contributed by atoms with Crippen LogP contribution in [0.25, 0.3) is 0 Å². The molecular weight excluding hydrogens is 282 g/mol. The molecule has 0 aromatic heterocycles. The Morgan fingerprint density at radius 2 is 1.86 bits per heavy atom. The van der Waals surface area contributed by atoms with Gasteiger partial charge < -0.3 is 10.4 Å². The number of nitrogens with one attached hydrogen (secondary N) is 1. The average Bonchev–Trinajstić information content (AvgIpc) is 2.44. The maximum Gasteiger partial charge on any atom is 0.303 e. The van der Waals surface area contributed by atoms with Gasteiger partial charge in [-0.3, -0.25) is 14.4 Å². The van der Waals surface area contributed by atoms with Gasteiger partial charge in [-0.2, -0.15) is 0 Å². The van der Waals surface area contributed by atoms with E-state index in [9.17, 15) is 14.4 Å². The molecule has 0 fully saturated rings. The van der Waals surface area contributed by atoms with E-state index in [1.54, 1.807) is 6.92 Å². The van der Waals surface area contributed by atoms with Crippen LogP contribution in [-0.2, 0) is 9.59 Å². The molecule has 0 aliphatic carbocycles. The third-order valence-electron chi connectivity index (χ3n) is 3.44. The Bertz CT molecular complexity index is 566. The minimum Gasteiger partial charge on any atom is -0.481 e. The Hall–Kier alpha value is -2.17. The molecule has 5 heteroatoms. The zero-order chi connectivity index (χ0) is 16.7. The molecule has 1 rings (SSSR count). The van der Waals surface area contributed by atoms with Crippen molar-refractivity contribution in [2.24, 2.45) is 5.92 Å². The van der Waals surface area contributed by atoms with Crippen LogP contribution in [0.5, 0.6) is 0 Å². The maximum absolute atomic E-state index is 12.1. The van der Waals surface area contributed by atoms with Crippen molar-refractivity contribution in [3.05, 3.63) is 34.9 Å². The lowest BCUT2D eigenvalue weighted by Gasteiger charge is -2.10. The predicted octanol–water partition coefficient (Wildman–Crippen LogP) is 2.49. The lowest BCUT2D eigenvalue weighted by atomic mass is 9.99. The van der Waals surface area contributed by atoms with E-state index in [0.717, 1.165) is 11.1 Å². The van der Waals surface area contributed by atoms with Gasteiger partial charge in [0.25, 0.3) is 0 Å². The van der Waals surface area contributed by atoms with Crippen LogP contribution in [0, 0.1) is 19.8 Å². The fourth-order valence-electron chi connectivity index (χ4n) is 2.14. The zero-order valence-corrected chi connectivity index (χ0v) is 13.3. The van der Waals surface area contributed by atoms with Crippen molar-refractivity contribution in [3.8, 4) is 0 Å². The molecular formula is C17H23NO4. The highest BCUT2D eigenvalue weighted by atomic mass is 16.4. The van der Waals surface area contributed by atoms with Gasteiger partial charge in [-0.15, -0.1) is 0 Å². The molecule has 0 bridgehead atoms. The number of carbonyl (C=O) groups is 3. The molecule has 1 aromatic carbocycles. The van der Waals surface area contributed by atoms with E-state index in [0.29, 0.717) is 12.1 Å². The van der Waals surface area contributed by atoms with Gasteiger partial charge in [-0.05, 0) is 31.4 Å². The molecule has 0 aliphatic heterocycles. The molecule has 0 radical (unpaired) electrons. The Kier molecular flexibility index (Phi) is 6.76. The molecule has 1 amide bonds. The van der Waals surface area contributed by atoms with Crippen molar-refractivity contribution >= 4 is 17.7 Å². The second-order valence-electron chi connectivity index (χ2n) is 5.75. The third kappa shape index (κ3) is 6.08. The second kappa shape index (κ2) is 8.32. The van der Waals surface area contributed by atoms with Crippen LogP contribution in [0.1, 0.15) is 47.7 Å². The molecule has 0 saturated carbocycles. The van der Waals surface area contributed by atoms with Gasteiger partial charge >= 0.3 is 5.97 Å². The van der Waals surface area contributed by atoms with Crippen LogP contribution < -0.4 is 5.32 Å². The Balaban J connectivity index is 2.42. The molecule has 2 N–H and O–H groups in total. The fourth-order valence-corrected chi connectivity index (χ4v) is 2.14. The largest absolute Gasteiger partial charge is 0.481 e. The zero-order valence-electron chi connectivity index (χ0n) is 13.3. The number of Topliss-reactive ketones (excluding diaryl/α,β-unsaturated/α-hetero) is 1. The number of benzene rings is 1. The van der Waals surface area contributed by atoms with Crippen LogP contribution in [0.15, 0.2) is 18.2 Å². The maximum atomic E-state index is 12.1. The molecule has 0 aliphatic rings. The molecule has 1 aromatic rings. The minimum absolute atomic E-state index is 0.0156. The summed E-state index contributed by atoms with van der Waals surface area (Å²) in [6, 6.07) is 5.68. The Labute approximate surface area is 130 Å². The first kappa shape index (κ1) is 17.9. The van der Waals surface area contributed by atoms with E-state index in [1.807, 2.05) is 32.0 Å². The van der Waals surface area contributed by atoms with Crippen LogP contribution in [-0.4, -0.2) is 29.3 Å². The highest BCUT2D eigenvalue weighted by molar-refractivity contribution is 5.99. The van der Waals surface area contributed by atoms with Gasteiger partial charge in [0.15, 0.2) is 5.78 Å². The molecule has 22 heavy (non-hydrogen) atoms. The van der Waals surface area contributed by atoms with Crippen molar-refractivity contribution in [1.29, 1.82) is 0 Å². The number of aliphatic carboxylic acids is 1. The first-order valence-electron chi connectivity index (χ1n) is 7.38. The predicted molar refractivity (Wildman–Crippen MR) is 83.9 cm³/mol. The SMILES string of the molecule is Cc1ccc(C)c(C(=O)CCC(=O)NCC(C)CC(=O)O)c1. The van der Waals surface area contributed by atoms with Gasteiger partial charge in [0.1, 0.15) is 0 Å². The number of ketones is 1. The average molecular weight is 305 g/mol. The normalized spacial score (nSPS) is 11.8. The molecule has 1 atom stereocenters. The topological polar surface area (TPSA) is 83.5 Å². The smallest absolute Gasteiger partial charge is 0.303 e. The summed E-state index contributed by atoms with van der Waals surface area (Å²) in [6.07, 6.45) is 0.289. The second-order valence-corrected chi connectivity index (χ2v) is 5.75. The first-order chi connectivity index (χ1) is 10.3. The number of carbonyl (C=O) groups excluding carboxylic acids is 2. The summed E-state index contributed by atoms with van der Waals surface area (Å²) in [5.74, 6) is -1.28. The summed E-state index contributed by atoms with van der Waals surface area (Å²) in [6.45, 7) is 5.87. The van der Waals surface area contributed by atoms with E-state index in [2.05, 4.69) is 5.32 Å². The van der Waals surface area contributed by atoms with Gasteiger partial charge in [0.05, 0.1) is 0 Å². The summed E-state index contributed by atoms with van der Waals surface area (Å²) in [5, 5.41) is 11.3. The van der Waals surface area contributed by atoms with E-state index in [-0.39, 0.29) is 36.9 Å². The number of rotatable bonds is 8. The van der Waals surface area contributed by atoms with Gasteiger partial charge in [0, 0.05) is 31.4 Å². The molecule has 5 nitrogen and oxygen atoms in total. The monoisotopic (exact) mass is 305 g/mol. The molecule has 1 unspecified atom stereocenters. The molecule has 120 valence electrons. The van der Waals surface area contributed by atoms with Crippen molar-refractivity contribution in [2.75, 3.05) is 6.54 Å². The number of hydrogen-bond donors (Lipinski definition) is 2. The number of hydrogen-bond acceptors (Lipinski definition) is 3. The quantitative estimate of drug-likeness (QED) is 0.723. The molecule has 0 saturated heterocycles. The van der Waals surface area contributed by atoms with Crippen molar-refractivity contribution in [1.82, 2.24) is 5.32 Å². The van der Waals surface area contributed by atoms with Crippen LogP contribution in [0.2, 0.25) is 0 Å². The summed E-state index contributed by atoms with van der Waals surface area (Å²) in [7, 11) is 0. The summed E-state index contributed by atoms with van der Waals surface area (Å²) in [4.78, 5) is 34.4. The first-order valence-corrected chi connectivity index (χ1v) is 7.38. The van der Waals surface area contributed by atoms with Crippen molar-refractivity contribution < 1.29 is 19.5 Å². The molecule has 0 heterocycles. The highest BCUT2D eigenvalue weighted by Crippen LogP contribution is 2.13.